The first-order chi connectivity index (χ1) is 8.69. The fourth-order valence-electron chi connectivity index (χ4n) is 1.28. The van der Waals surface area contributed by atoms with Gasteiger partial charge in [0, 0.05) is 11.9 Å². The first kappa shape index (κ1) is 19.1. The zero-order valence-corrected chi connectivity index (χ0v) is 13.0. The molecule has 1 rings (SSSR count). The molecule has 0 aromatic heterocycles. The molecule has 0 aliphatic heterocycles. The lowest BCUT2D eigenvalue weighted by atomic mass is 10.2. The van der Waals surface area contributed by atoms with Crippen LogP contribution in [0.15, 0.2) is 18.2 Å². The second kappa shape index (κ2) is 7.78. The minimum Gasteiger partial charge on any atom is -0.325 e. The minimum atomic E-state index is -3.17. The molecule has 0 fully saturated rings. The number of anilines is 1. The van der Waals surface area contributed by atoms with Gasteiger partial charge < -0.3 is 11.1 Å². The molecule has 0 spiro atoms. The van der Waals surface area contributed by atoms with Crippen LogP contribution >= 0.6 is 24.0 Å². The van der Waals surface area contributed by atoms with Crippen molar-refractivity contribution in [2.75, 3.05) is 17.3 Å². The fraction of sp³-hybridized carbons (Fsp3) is 0.364. The highest BCUT2D eigenvalue weighted by molar-refractivity contribution is 7.90. The maximum absolute atomic E-state index is 12.9. The van der Waals surface area contributed by atoms with Crippen molar-refractivity contribution in [3.63, 3.8) is 0 Å². The van der Waals surface area contributed by atoms with E-state index < -0.39 is 27.6 Å². The second-order valence-corrected chi connectivity index (χ2v) is 6.81. The monoisotopic (exact) mass is 344 g/mol. The van der Waals surface area contributed by atoms with Gasteiger partial charge in [-0.1, -0.05) is 11.6 Å². The van der Waals surface area contributed by atoms with Crippen molar-refractivity contribution in [2.24, 2.45) is 5.73 Å². The van der Waals surface area contributed by atoms with E-state index >= 15 is 0 Å². The van der Waals surface area contributed by atoms with Gasteiger partial charge >= 0.3 is 0 Å². The van der Waals surface area contributed by atoms with Gasteiger partial charge in [-0.3, -0.25) is 4.79 Å². The third-order valence-electron chi connectivity index (χ3n) is 2.32. The average Bonchev–Trinajstić information content (AvgIpc) is 2.29. The fourth-order valence-corrected chi connectivity index (χ4v) is 2.14. The number of carbonyl (C=O) groups is 1. The molecule has 1 aromatic rings. The number of benzene rings is 1. The lowest BCUT2D eigenvalue weighted by molar-refractivity contribution is -0.117. The Morgan fingerprint density at radius 3 is 2.60 bits per heavy atom. The van der Waals surface area contributed by atoms with Crippen molar-refractivity contribution in [1.82, 2.24) is 0 Å². The Labute approximate surface area is 128 Å². The Morgan fingerprint density at radius 2 is 2.10 bits per heavy atom. The highest BCUT2D eigenvalue weighted by Gasteiger charge is 2.16. The van der Waals surface area contributed by atoms with Crippen molar-refractivity contribution < 1.29 is 17.6 Å². The van der Waals surface area contributed by atoms with Gasteiger partial charge in [0.05, 0.1) is 16.8 Å². The number of carbonyl (C=O) groups excluding carboxylic acids is 1. The molecule has 1 aromatic carbocycles. The Morgan fingerprint density at radius 1 is 1.50 bits per heavy atom. The Hall–Kier alpha value is -0.890. The zero-order chi connectivity index (χ0) is 14.6. The first-order valence-electron chi connectivity index (χ1n) is 5.38. The third kappa shape index (κ3) is 6.51. The molecule has 1 amide bonds. The lowest BCUT2D eigenvalue weighted by Crippen LogP contribution is -2.37. The molecule has 0 saturated carbocycles. The van der Waals surface area contributed by atoms with Gasteiger partial charge in [-0.25, -0.2) is 12.8 Å². The van der Waals surface area contributed by atoms with Gasteiger partial charge in [0.2, 0.25) is 5.91 Å². The molecular formula is C11H15Cl2FN2O3S. The van der Waals surface area contributed by atoms with Crippen molar-refractivity contribution in [3.05, 3.63) is 29.0 Å². The number of amides is 1. The molecule has 0 aliphatic rings. The largest absolute Gasteiger partial charge is 0.325 e. The van der Waals surface area contributed by atoms with Crippen molar-refractivity contribution in [2.45, 2.75) is 12.5 Å². The van der Waals surface area contributed by atoms with E-state index in [0.29, 0.717) is 5.69 Å². The van der Waals surface area contributed by atoms with E-state index in [1.165, 1.54) is 12.1 Å². The van der Waals surface area contributed by atoms with Crippen molar-refractivity contribution in [3.8, 4) is 0 Å². The van der Waals surface area contributed by atoms with Crippen LogP contribution in [0.5, 0.6) is 0 Å². The molecule has 1 atom stereocenters. The predicted octanol–water partition coefficient (Wildman–Crippen LogP) is 1.60. The van der Waals surface area contributed by atoms with Crippen LogP contribution in [-0.2, 0) is 14.6 Å². The smallest absolute Gasteiger partial charge is 0.241 e. The predicted molar refractivity (Wildman–Crippen MR) is 79.6 cm³/mol. The summed E-state index contributed by atoms with van der Waals surface area (Å²) < 4.78 is 34.8. The van der Waals surface area contributed by atoms with E-state index in [-0.39, 0.29) is 29.6 Å². The summed E-state index contributed by atoms with van der Waals surface area (Å²) in [4.78, 5) is 11.7. The van der Waals surface area contributed by atoms with Crippen LogP contribution in [0.25, 0.3) is 0 Å². The molecule has 1 unspecified atom stereocenters. The van der Waals surface area contributed by atoms with E-state index in [0.717, 1.165) is 12.3 Å². The summed E-state index contributed by atoms with van der Waals surface area (Å²) in [5.41, 5.74) is 5.85. The molecular weight excluding hydrogens is 330 g/mol. The highest BCUT2D eigenvalue weighted by atomic mass is 35.5. The topological polar surface area (TPSA) is 89.3 Å². The third-order valence-corrected chi connectivity index (χ3v) is 3.59. The van der Waals surface area contributed by atoms with Gasteiger partial charge in [-0.05, 0) is 24.6 Å². The molecule has 0 aliphatic carbocycles. The van der Waals surface area contributed by atoms with Gasteiger partial charge in [-0.15, -0.1) is 12.4 Å². The Kier molecular flexibility index (Phi) is 7.43. The molecule has 114 valence electrons. The first-order valence-corrected chi connectivity index (χ1v) is 7.82. The molecule has 20 heavy (non-hydrogen) atoms. The second-order valence-electron chi connectivity index (χ2n) is 4.14. The van der Waals surface area contributed by atoms with E-state index in [9.17, 15) is 17.6 Å². The lowest BCUT2D eigenvalue weighted by Gasteiger charge is -2.12. The summed E-state index contributed by atoms with van der Waals surface area (Å²) in [5, 5.41) is 2.31. The quantitative estimate of drug-likeness (QED) is 0.848. The van der Waals surface area contributed by atoms with Crippen molar-refractivity contribution in [1.29, 1.82) is 0 Å². The van der Waals surface area contributed by atoms with Crippen molar-refractivity contribution >= 4 is 45.4 Å². The molecule has 9 heteroatoms. The number of nitrogens with two attached hydrogens (primary N) is 1. The highest BCUT2D eigenvalue weighted by Crippen LogP contribution is 2.19. The Bertz CT molecular complexity index is 581. The maximum atomic E-state index is 12.9. The zero-order valence-electron chi connectivity index (χ0n) is 10.6. The van der Waals surface area contributed by atoms with Gasteiger partial charge in [-0.2, -0.15) is 0 Å². The van der Waals surface area contributed by atoms with Crippen LogP contribution in [0.3, 0.4) is 0 Å². The number of rotatable bonds is 5. The molecule has 0 heterocycles. The van der Waals surface area contributed by atoms with Crippen LogP contribution in [-0.4, -0.2) is 32.4 Å². The number of sulfone groups is 1. The number of hydrogen-bond acceptors (Lipinski definition) is 4. The molecule has 5 nitrogen and oxygen atoms in total. The summed E-state index contributed by atoms with van der Waals surface area (Å²) in [6.07, 6.45) is 1.08. The van der Waals surface area contributed by atoms with E-state index in [2.05, 4.69) is 5.32 Å². The average molecular weight is 345 g/mol. The van der Waals surface area contributed by atoms with Gasteiger partial charge in [0.15, 0.2) is 0 Å². The van der Waals surface area contributed by atoms with Crippen LogP contribution < -0.4 is 11.1 Å². The number of halogens is 3. The summed E-state index contributed by atoms with van der Waals surface area (Å²) in [6.45, 7) is 0. The molecule has 0 saturated heterocycles. The van der Waals surface area contributed by atoms with Gasteiger partial charge in [0.25, 0.3) is 0 Å². The number of hydrogen-bond donors (Lipinski definition) is 2. The van der Waals surface area contributed by atoms with Crippen LogP contribution in [0, 0.1) is 5.82 Å². The Balaban J connectivity index is 0.00000361. The van der Waals surface area contributed by atoms with E-state index in [4.69, 9.17) is 17.3 Å². The maximum Gasteiger partial charge on any atom is 0.241 e. The molecule has 3 N–H and O–H groups in total. The van der Waals surface area contributed by atoms with Crippen LogP contribution in [0.4, 0.5) is 10.1 Å². The normalized spacial score (nSPS) is 12.4. The summed E-state index contributed by atoms with van der Waals surface area (Å²) in [6, 6.07) is 2.74. The standard InChI is InChI=1S/C11H14ClFN2O3S.ClH/c1-19(17,18)5-4-10(14)11(16)15-7-2-3-9(13)8(12)6-7;/h2-3,6,10H,4-5,14H2,1H3,(H,15,16);1H. The van der Waals surface area contributed by atoms with Crippen LogP contribution in [0.1, 0.15) is 6.42 Å². The summed E-state index contributed by atoms with van der Waals surface area (Å²) in [5.74, 6) is -1.32. The number of nitrogens with one attached hydrogen (secondary N) is 1. The minimum absolute atomic E-state index is 0. The van der Waals surface area contributed by atoms with E-state index in [1.54, 1.807) is 0 Å². The SMILES string of the molecule is CS(=O)(=O)CCC(N)C(=O)Nc1ccc(F)c(Cl)c1.Cl. The summed E-state index contributed by atoms with van der Waals surface area (Å²) >= 11 is 5.56. The molecule has 0 bridgehead atoms. The van der Waals surface area contributed by atoms with Crippen LogP contribution in [0.2, 0.25) is 5.02 Å². The van der Waals surface area contributed by atoms with Gasteiger partial charge in [0.1, 0.15) is 15.7 Å². The summed E-state index contributed by atoms with van der Waals surface area (Å²) in [7, 11) is -3.17. The van der Waals surface area contributed by atoms with E-state index in [1.807, 2.05) is 0 Å². The molecule has 0 radical (unpaired) electrons.